The van der Waals surface area contributed by atoms with Crippen molar-refractivity contribution in [2.45, 2.75) is 12.1 Å². The van der Waals surface area contributed by atoms with Gasteiger partial charge in [-0.05, 0) is 6.07 Å². The fraction of sp³-hybridized carbons (Fsp3) is 0.538. The van der Waals surface area contributed by atoms with E-state index in [-0.39, 0.29) is 12.1 Å². The highest BCUT2D eigenvalue weighted by Crippen LogP contribution is 2.31. The third-order valence-electron chi connectivity index (χ3n) is 3.33. The van der Waals surface area contributed by atoms with Crippen molar-refractivity contribution in [3.05, 3.63) is 29.8 Å². The van der Waals surface area contributed by atoms with E-state index >= 15 is 0 Å². The van der Waals surface area contributed by atoms with E-state index in [1.807, 2.05) is 24.3 Å². The molecule has 2 aliphatic rings. The summed E-state index contributed by atoms with van der Waals surface area (Å²) in [5.74, 6) is 1.41. The maximum Gasteiger partial charge on any atom is 0.124 e. The molecule has 2 aliphatic heterocycles. The van der Waals surface area contributed by atoms with Crippen molar-refractivity contribution in [2.75, 3.05) is 26.4 Å². The molecule has 1 fully saturated rings. The third kappa shape index (κ3) is 2.16. The maximum atomic E-state index is 6.20. The van der Waals surface area contributed by atoms with E-state index in [2.05, 4.69) is 0 Å². The quantitative estimate of drug-likeness (QED) is 0.852. The lowest BCUT2D eigenvalue weighted by atomic mass is 9.99. The summed E-state index contributed by atoms with van der Waals surface area (Å²) in [5.41, 5.74) is 7.24. The molecule has 92 valence electrons. The molecule has 2 atom stereocenters. The Morgan fingerprint density at radius 1 is 1.24 bits per heavy atom. The third-order valence-corrected chi connectivity index (χ3v) is 3.33. The van der Waals surface area contributed by atoms with E-state index in [1.165, 1.54) is 0 Å². The number of para-hydroxylation sites is 1. The van der Waals surface area contributed by atoms with Crippen molar-refractivity contribution in [1.82, 2.24) is 0 Å². The van der Waals surface area contributed by atoms with Gasteiger partial charge in [0.2, 0.25) is 0 Å². The molecule has 0 bridgehead atoms. The molecule has 0 radical (unpaired) electrons. The Bertz CT molecular complexity index is 392. The first-order chi connectivity index (χ1) is 8.34. The zero-order chi connectivity index (χ0) is 11.7. The number of hydrogen-bond donors (Lipinski definition) is 1. The smallest absolute Gasteiger partial charge is 0.124 e. The van der Waals surface area contributed by atoms with Crippen molar-refractivity contribution in [1.29, 1.82) is 0 Å². The maximum absolute atomic E-state index is 6.20. The van der Waals surface area contributed by atoms with Crippen LogP contribution in [0.4, 0.5) is 0 Å². The number of fused-ring (bicyclic) bond motifs is 1. The van der Waals surface area contributed by atoms with Crippen molar-refractivity contribution >= 4 is 0 Å². The van der Waals surface area contributed by atoms with Crippen LogP contribution in [0.2, 0.25) is 0 Å². The highest BCUT2D eigenvalue weighted by molar-refractivity contribution is 5.38. The van der Waals surface area contributed by atoms with Crippen LogP contribution < -0.4 is 10.5 Å². The molecule has 2 heterocycles. The fourth-order valence-electron chi connectivity index (χ4n) is 2.16. The van der Waals surface area contributed by atoms with Gasteiger partial charge in [0.1, 0.15) is 18.5 Å². The first-order valence-electron chi connectivity index (χ1n) is 6.01. The van der Waals surface area contributed by atoms with Gasteiger partial charge in [0.25, 0.3) is 0 Å². The van der Waals surface area contributed by atoms with Gasteiger partial charge in [0.05, 0.1) is 25.9 Å². The molecular weight excluding hydrogens is 218 g/mol. The largest absolute Gasteiger partial charge is 0.490 e. The minimum absolute atomic E-state index is 0.0505. The number of hydrogen-bond acceptors (Lipinski definition) is 4. The molecule has 4 heteroatoms. The van der Waals surface area contributed by atoms with E-state index < -0.39 is 0 Å². The van der Waals surface area contributed by atoms with Crippen LogP contribution in [0.3, 0.4) is 0 Å². The predicted octanol–water partition coefficient (Wildman–Crippen LogP) is 1.11. The topological polar surface area (TPSA) is 53.7 Å². The van der Waals surface area contributed by atoms with Crippen molar-refractivity contribution in [3.63, 3.8) is 0 Å². The molecule has 4 nitrogen and oxygen atoms in total. The molecule has 0 unspecified atom stereocenters. The van der Waals surface area contributed by atoms with E-state index in [9.17, 15) is 0 Å². The summed E-state index contributed by atoms with van der Waals surface area (Å²) in [6.07, 6.45) is -0.0505. The monoisotopic (exact) mass is 235 g/mol. The molecule has 2 N–H and O–H groups in total. The summed E-state index contributed by atoms with van der Waals surface area (Å²) < 4.78 is 16.6. The Kier molecular flexibility index (Phi) is 3.01. The van der Waals surface area contributed by atoms with Crippen LogP contribution in [-0.4, -0.2) is 32.5 Å². The lowest BCUT2D eigenvalue weighted by Gasteiger charge is -2.33. The summed E-state index contributed by atoms with van der Waals surface area (Å²) in [7, 11) is 0. The highest BCUT2D eigenvalue weighted by atomic mass is 16.5. The standard InChI is InChI=1S/C13H17NO3/c14-13-10-3-1-2-4-11(10)17-8-12(13)16-7-9-5-15-6-9/h1-4,9,12-13H,5-8,14H2/t12-,13-/m0/s1. The first-order valence-corrected chi connectivity index (χ1v) is 6.01. The van der Waals surface area contributed by atoms with E-state index in [0.717, 1.165) is 24.5 Å². The summed E-state index contributed by atoms with van der Waals surface area (Å²) in [5, 5.41) is 0. The normalized spacial score (nSPS) is 28.1. The molecular formula is C13H17NO3. The van der Waals surface area contributed by atoms with Crippen LogP contribution >= 0.6 is 0 Å². The Balaban J connectivity index is 1.64. The van der Waals surface area contributed by atoms with Crippen molar-refractivity contribution in [3.8, 4) is 5.75 Å². The van der Waals surface area contributed by atoms with Gasteiger partial charge in [-0.1, -0.05) is 18.2 Å². The molecule has 1 aromatic rings. The Morgan fingerprint density at radius 2 is 2.06 bits per heavy atom. The minimum Gasteiger partial charge on any atom is -0.490 e. The van der Waals surface area contributed by atoms with Crippen LogP contribution in [0.1, 0.15) is 11.6 Å². The average Bonchev–Trinajstić information content (AvgIpc) is 2.30. The molecule has 0 saturated carbocycles. The molecule has 0 aromatic heterocycles. The van der Waals surface area contributed by atoms with Gasteiger partial charge >= 0.3 is 0 Å². The average molecular weight is 235 g/mol. The Hall–Kier alpha value is -1.10. The number of rotatable bonds is 3. The minimum atomic E-state index is -0.0963. The lowest BCUT2D eigenvalue weighted by Crippen LogP contribution is -2.41. The molecule has 17 heavy (non-hydrogen) atoms. The van der Waals surface area contributed by atoms with Crippen LogP contribution in [0.15, 0.2) is 24.3 Å². The number of ether oxygens (including phenoxy) is 3. The van der Waals surface area contributed by atoms with E-state index in [1.54, 1.807) is 0 Å². The van der Waals surface area contributed by atoms with Crippen molar-refractivity contribution < 1.29 is 14.2 Å². The summed E-state index contributed by atoms with van der Waals surface area (Å²) >= 11 is 0. The van der Waals surface area contributed by atoms with Crippen LogP contribution in [0.5, 0.6) is 5.75 Å². The van der Waals surface area contributed by atoms with Gasteiger partial charge < -0.3 is 19.9 Å². The molecule has 3 rings (SSSR count). The van der Waals surface area contributed by atoms with E-state index in [0.29, 0.717) is 19.1 Å². The molecule has 0 aliphatic carbocycles. The molecule has 0 amide bonds. The summed E-state index contributed by atoms with van der Waals surface area (Å²) in [6, 6.07) is 7.79. The SMILES string of the molecule is N[C@H]1c2ccccc2OC[C@@H]1OCC1COC1. The van der Waals surface area contributed by atoms with Gasteiger partial charge in [-0.25, -0.2) is 0 Å². The highest BCUT2D eigenvalue weighted by Gasteiger charge is 2.30. The van der Waals surface area contributed by atoms with Gasteiger partial charge in [0, 0.05) is 11.5 Å². The molecule has 1 saturated heterocycles. The van der Waals surface area contributed by atoms with Gasteiger partial charge in [-0.3, -0.25) is 0 Å². The van der Waals surface area contributed by atoms with Crippen LogP contribution in [0.25, 0.3) is 0 Å². The second-order valence-corrected chi connectivity index (χ2v) is 4.65. The number of nitrogens with two attached hydrogens (primary N) is 1. The second kappa shape index (κ2) is 4.64. The first kappa shape index (κ1) is 11.0. The Labute approximate surface area is 101 Å². The van der Waals surface area contributed by atoms with Gasteiger partial charge in [-0.2, -0.15) is 0 Å². The fourth-order valence-corrected chi connectivity index (χ4v) is 2.16. The zero-order valence-corrected chi connectivity index (χ0v) is 9.67. The summed E-state index contributed by atoms with van der Waals surface area (Å²) in [6.45, 7) is 2.86. The Morgan fingerprint density at radius 3 is 2.82 bits per heavy atom. The molecule has 0 spiro atoms. The predicted molar refractivity (Wildman–Crippen MR) is 62.9 cm³/mol. The molecule has 1 aromatic carbocycles. The van der Waals surface area contributed by atoms with Gasteiger partial charge in [0.15, 0.2) is 0 Å². The van der Waals surface area contributed by atoms with Crippen molar-refractivity contribution in [2.24, 2.45) is 11.7 Å². The lowest BCUT2D eigenvalue weighted by molar-refractivity contribution is -0.0999. The van der Waals surface area contributed by atoms with E-state index in [4.69, 9.17) is 19.9 Å². The summed E-state index contributed by atoms with van der Waals surface area (Å²) in [4.78, 5) is 0. The number of benzene rings is 1. The van der Waals surface area contributed by atoms with Gasteiger partial charge in [-0.15, -0.1) is 0 Å². The zero-order valence-electron chi connectivity index (χ0n) is 9.67. The van der Waals surface area contributed by atoms with Crippen LogP contribution in [0, 0.1) is 5.92 Å². The second-order valence-electron chi connectivity index (χ2n) is 4.65. The van der Waals surface area contributed by atoms with Crippen LogP contribution in [-0.2, 0) is 9.47 Å².